The summed E-state index contributed by atoms with van der Waals surface area (Å²) in [7, 11) is 0. The second-order valence-corrected chi connectivity index (χ2v) is 7.11. The van der Waals surface area contributed by atoms with E-state index >= 15 is 0 Å². The van der Waals surface area contributed by atoms with Crippen molar-refractivity contribution < 1.29 is 4.90 Å². The number of rotatable bonds is 5. The van der Waals surface area contributed by atoms with Crippen LogP contribution in [-0.4, -0.2) is 18.1 Å². The summed E-state index contributed by atoms with van der Waals surface area (Å²) < 4.78 is 1.21. The van der Waals surface area contributed by atoms with Crippen LogP contribution >= 0.6 is 11.3 Å². The SMILES string of the molecule is C1=C(NNc2nc3ccccc3s2)CC[NH+](Cc2ccccc2)C1. The lowest BCUT2D eigenvalue weighted by Crippen LogP contribution is -3.11. The molecule has 0 aliphatic carbocycles. The van der Waals surface area contributed by atoms with Gasteiger partial charge in [0, 0.05) is 17.7 Å². The van der Waals surface area contributed by atoms with Crippen molar-refractivity contribution in [2.75, 3.05) is 18.5 Å². The summed E-state index contributed by atoms with van der Waals surface area (Å²) in [6.07, 6.45) is 3.35. The summed E-state index contributed by atoms with van der Waals surface area (Å²) in [6, 6.07) is 18.9. The summed E-state index contributed by atoms with van der Waals surface area (Å²) in [6.45, 7) is 3.30. The van der Waals surface area contributed by atoms with Gasteiger partial charge >= 0.3 is 0 Å². The third-order valence-electron chi connectivity index (χ3n) is 4.31. The summed E-state index contributed by atoms with van der Waals surface area (Å²) in [5.74, 6) is 0. The van der Waals surface area contributed by atoms with Gasteiger partial charge in [-0.15, -0.1) is 0 Å². The van der Waals surface area contributed by atoms with Crippen molar-refractivity contribution in [1.29, 1.82) is 0 Å². The first-order valence-electron chi connectivity index (χ1n) is 8.31. The highest BCUT2D eigenvalue weighted by Gasteiger charge is 2.15. The summed E-state index contributed by atoms with van der Waals surface area (Å²) in [4.78, 5) is 6.18. The van der Waals surface area contributed by atoms with E-state index in [1.54, 1.807) is 16.2 Å². The molecule has 1 aliphatic rings. The van der Waals surface area contributed by atoms with E-state index in [4.69, 9.17) is 0 Å². The third kappa shape index (κ3) is 3.58. The van der Waals surface area contributed by atoms with Crippen molar-refractivity contribution in [3.63, 3.8) is 0 Å². The molecule has 122 valence electrons. The van der Waals surface area contributed by atoms with Crippen LogP contribution in [-0.2, 0) is 6.54 Å². The lowest BCUT2D eigenvalue weighted by molar-refractivity contribution is -0.909. The predicted molar refractivity (Wildman–Crippen MR) is 99.9 cm³/mol. The Labute approximate surface area is 145 Å². The molecule has 2 heterocycles. The number of benzene rings is 2. The van der Waals surface area contributed by atoms with Crippen molar-refractivity contribution in [3.05, 3.63) is 71.9 Å². The number of thiazole rings is 1. The third-order valence-corrected chi connectivity index (χ3v) is 5.26. The molecule has 0 spiro atoms. The molecule has 1 aliphatic heterocycles. The van der Waals surface area contributed by atoms with E-state index < -0.39 is 0 Å². The highest BCUT2D eigenvalue weighted by molar-refractivity contribution is 7.22. The number of hydrogen-bond acceptors (Lipinski definition) is 4. The van der Waals surface area contributed by atoms with Gasteiger partial charge in [0.25, 0.3) is 0 Å². The van der Waals surface area contributed by atoms with Crippen molar-refractivity contribution in [3.8, 4) is 0 Å². The number of nitrogens with one attached hydrogen (secondary N) is 3. The second-order valence-electron chi connectivity index (χ2n) is 6.08. The van der Waals surface area contributed by atoms with Gasteiger partial charge in [0.2, 0.25) is 5.13 Å². The zero-order valence-electron chi connectivity index (χ0n) is 13.5. The van der Waals surface area contributed by atoms with Crippen molar-refractivity contribution in [1.82, 2.24) is 10.4 Å². The Balaban J connectivity index is 1.31. The van der Waals surface area contributed by atoms with Gasteiger partial charge in [-0.25, -0.2) is 4.98 Å². The molecule has 4 nitrogen and oxygen atoms in total. The zero-order chi connectivity index (χ0) is 16.2. The first-order chi connectivity index (χ1) is 11.9. The molecule has 1 aromatic heterocycles. The first kappa shape index (κ1) is 15.2. The molecule has 2 aromatic carbocycles. The van der Waals surface area contributed by atoms with Crippen LogP contribution < -0.4 is 15.8 Å². The Morgan fingerprint density at radius 3 is 2.62 bits per heavy atom. The maximum absolute atomic E-state index is 4.58. The topological polar surface area (TPSA) is 41.4 Å². The number of aromatic nitrogens is 1. The number of hydrogen-bond donors (Lipinski definition) is 3. The quantitative estimate of drug-likeness (QED) is 0.627. The number of para-hydroxylation sites is 1. The molecular weight excluding hydrogens is 316 g/mol. The van der Waals surface area contributed by atoms with Crippen LogP contribution in [0.15, 0.2) is 66.4 Å². The molecule has 0 bridgehead atoms. The Kier molecular flexibility index (Phi) is 4.44. The van der Waals surface area contributed by atoms with Crippen LogP contribution in [0.1, 0.15) is 12.0 Å². The summed E-state index contributed by atoms with van der Waals surface area (Å²) in [5, 5.41) is 0.913. The number of nitrogens with zero attached hydrogens (tertiary/aromatic N) is 1. The summed E-state index contributed by atoms with van der Waals surface area (Å²) >= 11 is 1.67. The van der Waals surface area contributed by atoms with Crippen molar-refractivity contribution >= 4 is 26.7 Å². The average Bonchev–Trinajstić information content (AvgIpc) is 3.05. The van der Waals surface area contributed by atoms with Gasteiger partial charge in [0.1, 0.15) is 6.54 Å². The van der Waals surface area contributed by atoms with Crippen LogP contribution in [0, 0.1) is 0 Å². The van der Waals surface area contributed by atoms with E-state index in [0.717, 1.165) is 36.7 Å². The first-order valence-corrected chi connectivity index (χ1v) is 9.12. The molecular formula is C19H21N4S+. The fourth-order valence-corrected chi connectivity index (χ4v) is 3.82. The molecule has 3 N–H and O–H groups in total. The van der Waals surface area contributed by atoms with Crippen LogP contribution in [0.5, 0.6) is 0 Å². The Morgan fingerprint density at radius 2 is 1.83 bits per heavy atom. The van der Waals surface area contributed by atoms with E-state index in [9.17, 15) is 0 Å². The fraction of sp³-hybridized carbons (Fsp3) is 0.211. The van der Waals surface area contributed by atoms with E-state index in [2.05, 4.69) is 58.3 Å². The molecule has 0 radical (unpaired) electrons. The molecule has 24 heavy (non-hydrogen) atoms. The maximum atomic E-state index is 4.58. The van der Waals surface area contributed by atoms with Gasteiger partial charge in [-0.2, -0.15) is 0 Å². The average molecular weight is 337 g/mol. The van der Waals surface area contributed by atoms with Gasteiger partial charge in [-0.1, -0.05) is 53.8 Å². The van der Waals surface area contributed by atoms with Crippen LogP contribution in [0.3, 0.4) is 0 Å². The van der Waals surface area contributed by atoms with Gasteiger partial charge in [-0.3, -0.25) is 5.43 Å². The van der Waals surface area contributed by atoms with Crippen molar-refractivity contribution in [2.24, 2.45) is 0 Å². The Hall–Kier alpha value is -2.37. The minimum Gasteiger partial charge on any atom is -0.328 e. The van der Waals surface area contributed by atoms with Crippen LogP contribution in [0.4, 0.5) is 5.13 Å². The molecule has 3 aromatic rings. The molecule has 0 fully saturated rings. The Morgan fingerprint density at radius 1 is 1.00 bits per heavy atom. The lowest BCUT2D eigenvalue weighted by atomic mass is 10.1. The maximum Gasteiger partial charge on any atom is 0.202 e. The predicted octanol–water partition coefficient (Wildman–Crippen LogP) is 2.59. The van der Waals surface area contributed by atoms with E-state index in [0.29, 0.717) is 0 Å². The van der Waals surface area contributed by atoms with Gasteiger partial charge in [0.15, 0.2) is 0 Å². The van der Waals surface area contributed by atoms with E-state index in [1.807, 2.05) is 18.2 Å². The fourth-order valence-electron chi connectivity index (χ4n) is 3.00. The Bertz CT molecular complexity index is 808. The summed E-state index contributed by atoms with van der Waals surface area (Å²) in [5.41, 5.74) is 10.3. The number of quaternary nitrogens is 1. The van der Waals surface area contributed by atoms with Crippen LogP contribution in [0.25, 0.3) is 10.2 Å². The zero-order valence-corrected chi connectivity index (χ0v) is 14.3. The second kappa shape index (κ2) is 7.03. The van der Waals surface area contributed by atoms with Gasteiger partial charge in [-0.05, 0) is 18.2 Å². The molecule has 0 saturated heterocycles. The number of anilines is 1. The van der Waals surface area contributed by atoms with E-state index in [-0.39, 0.29) is 0 Å². The molecule has 0 saturated carbocycles. The standard InChI is InChI=1S/C19H20N4S/c1-2-6-15(7-3-1)14-23-12-10-16(11-13-23)21-22-19-20-17-8-4-5-9-18(17)24-19/h1-10,21H,11-14H2,(H,20,22)/p+1. The van der Waals surface area contributed by atoms with Crippen LogP contribution in [0.2, 0.25) is 0 Å². The molecule has 1 unspecified atom stereocenters. The monoisotopic (exact) mass is 337 g/mol. The highest BCUT2D eigenvalue weighted by atomic mass is 32.1. The molecule has 0 amide bonds. The minimum absolute atomic E-state index is 0.913. The smallest absolute Gasteiger partial charge is 0.202 e. The molecule has 4 rings (SSSR count). The van der Waals surface area contributed by atoms with Gasteiger partial charge < -0.3 is 10.3 Å². The van der Waals surface area contributed by atoms with Crippen molar-refractivity contribution in [2.45, 2.75) is 13.0 Å². The minimum atomic E-state index is 0.913. The van der Waals surface area contributed by atoms with Gasteiger partial charge in [0.05, 0.1) is 23.3 Å². The largest absolute Gasteiger partial charge is 0.328 e. The lowest BCUT2D eigenvalue weighted by Gasteiger charge is -2.24. The van der Waals surface area contributed by atoms with E-state index in [1.165, 1.54) is 16.0 Å². The number of fused-ring (bicyclic) bond motifs is 1. The number of hydrazine groups is 1. The molecule has 1 atom stereocenters. The molecule has 5 heteroatoms. The highest BCUT2D eigenvalue weighted by Crippen LogP contribution is 2.24. The normalized spacial score (nSPS) is 17.5.